The van der Waals surface area contributed by atoms with Crippen molar-refractivity contribution in [1.82, 2.24) is 10.2 Å². The van der Waals surface area contributed by atoms with Crippen LogP contribution in [0.2, 0.25) is 0 Å². The van der Waals surface area contributed by atoms with Crippen LogP contribution in [0, 0.1) is 11.8 Å². The van der Waals surface area contributed by atoms with E-state index in [1.54, 1.807) is 0 Å². The van der Waals surface area contributed by atoms with E-state index < -0.39 is 0 Å². The fourth-order valence-corrected chi connectivity index (χ4v) is 3.18. The van der Waals surface area contributed by atoms with Crippen molar-refractivity contribution in [2.24, 2.45) is 11.8 Å². The van der Waals surface area contributed by atoms with Crippen molar-refractivity contribution in [3.8, 4) is 0 Å². The highest BCUT2D eigenvalue weighted by molar-refractivity contribution is 5.85. The average molecular weight is 279 g/mol. The SMILES string of the molecule is C(=C\c1ccccc1)/CN1CCC2CNCC2C1.Cl. The Bertz CT molecular complexity index is 404. The number of nitrogens with zero attached hydrogens (tertiary/aromatic N) is 1. The number of fused-ring (bicyclic) bond motifs is 1. The van der Waals surface area contributed by atoms with Crippen LogP contribution in [0.5, 0.6) is 0 Å². The molecule has 0 spiro atoms. The molecule has 1 aromatic carbocycles. The maximum Gasteiger partial charge on any atom is 0.0166 e. The van der Waals surface area contributed by atoms with Gasteiger partial charge >= 0.3 is 0 Å². The smallest absolute Gasteiger partial charge is 0.0166 e. The molecule has 3 heteroatoms. The maximum absolute atomic E-state index is 3.52. The first-order valence-corrected chi connectivity index (χ1v) is 7.06. The van der Waals surface area contributed by atoms with Crippen LogP contribution in [-0.2, 0) is 0 Å². The first-order valence-electron chi connectivity index (χ1n) is 7.06. The van der Waals surface area contributed by atoms with Crippen molar-refractivity contribution in [3.63, 3.8) is 0 Å². The first kappa shape index (κ1) is 14.6. The molecular formula is C16H23ClN2. The third kappa shape index (κ3) is 3.82. The molecular weight excluding hydrogens is 256 g/mol. The van der Waals surface area contributed by atoms with E-state index in [2.05, 4.69) is 52.7 Å². The molecule has 1 aromatic rings. The Morgan fingerprint density at radius 3 is 2.79 bits per heavy atom. The van der Waals surface area contributed by atoms with Crippen LogP contribution in [0.15, 0.2) is 36.4 Å². The van der Waals surface area contributed by atoms with Gasteiger partial charge in [0, 0.05) is 13.1 Å². The van der Waals surface area contributed by atoms with Gasteiger partial charge in [-0.05, 0) is 43.5 Å². The molecule has 0 aromatic heterocycles. The van der Waals surface area contributed by atoms with E-state index >= 15 is 0 Å². The number of hydrogen-bond donors (Lipinski definition) is 1. The molecule has 104 valence electrons. The summed E-state index contributed by atoms with van der Waals surface area (Å²) in [6.07, 6.45) is 5.91. The zero-order valence-electron chi connectivity index (χ0n) is 11.3. The van der Waals surface area contributed by atoms with E-state index in [1.807, 2.05) is 0 Å². The molecule has 3 rings (SSSR count). The van der Waals surface area contributed by atoms with E-state index in [0.717, 1.165) is 18.4 Å². The standard InChI is InChI=1S/C16H22N2.ClH/c1-2-5-14(6-3-1)7-4-9-18-10-8-15-11-17-12-16(15)13-18;/h1-7,15-17H,8-13H2;1H/b7-4+;. The Morgan fingerprint density at radius 2 is 1.95 bits per heavy atom. The van der Waals surface area contributed by atoms with Crippen LogP contribution in [0.3, 0.4) is 0 Å². The number of nitrogens with one attached hydrogen (secondary N) is 1. The van der Waals surface area contributed by atoms with Crippen LogP contribution in [-0.4, -0.2) is 37.6 Å². The molecule has 0 aliphatic carbocycles. The molecule has 2 aliphatic rings. The van der Waals surface area contributed by atoms with E-state index in [9.17, 15) is 0 Å². The molecule has 0 bridgehead atoms. The minimum absolute atomic E-state index is 0. The summed E-state index contributed by atoms with van der Waals surface area (Å²) in [5.74, 6) is 1.84. The van der Waals surface area contributed by atoms with E-state index in [4.69, 9.17) is 0 Å². The third-order valence-electron chi connectivity index (χ3n) is 4.26. The fourth-order valence-electron chi connectivity index (χ4n) is 3.18. The van der Waals surface area contributed by atoms with Crippen molar-refractivity contribution < 1.29 is 0 Å². The number of benzene rings is 1. The van der Waals surface area contributed by atoms with Gasteiger partial charge in [-0.25, -0.2) is 0 Å². The van der Waals surface area contributed by atoms with Gasteiger partial charge in [-0.15, -0.1) is 12.4 Å². The van der Waals surface area contributed by atoms with E-state index in [-0.39, 0.29) is 12.4 Å². The van der Waals surface area contributed by atoms with Crippen molar-refractivity contribution in [2.45, 2.75) is 6.42 Å². The Labute approximate surface area is 122 Å². The monoisotopic (exact) mass is 278 g/mol. The van der Waals surface area contributed by atoms with Crippen LogP contribution in [0.4, 0.5) is 0 Å². The Hall–Kier alpha value is -0.830. The van der Waals surface area contributed by atoms with Crippen molar-refractivity contribution in [2.75, 3.05) is 32.7 Å². The number of piperidine rings is 1. The van der Waals surface area contributed by atoms with Gasteiger partial charge in [0.2, 0.25) is 0 Å². The van der Waals surface area contributed by atoms with Crippen molar-refractivity contribution in [1.29, 1.82) is 0 Å². The summed E-state index contributed by atoms with van der Waals surface area (Å²) in [7, 11) is 0. The normalized spacial score (nSPS) is 27.2. The molecule has 2 nitrogen and oxygen atoms in total. The molecule has 19 heavy (non-hydrogen) atoms. The van der Waals surface area contributed by atoms with Gasteiger partial charge in [-0.2, -0.15) is 0 Å². The molecule has 2 aliphatic heterocycles. The maximum atomic E-state index is 3.52. The summed E-state index contributed by atoms with van der Waals surface area (Å²) < 4.78 is 0. The highest BCUT2D eigenvalue weighted by Gasteiger charge is 2.31. The lowest BCUT2D eigenvalue weighted by Gasteiger charge is -2.33. The summed E-state index contributed by atoms with van der Waals surface area (Å²) in [5, 5.41) is 3.52. The van der Waals surface area contributed by atoms with E-state index in [0.29, 0.717) is 0 Å². The van der Waals surface area contributed by atoms with Crippen LogP contribution >= 0.6 is 12.4 Å². The lowest BCUT2D eigenvalue weighted by Crippen LogP contribution is -2.39. The van der Waals surface area contributed by atoms with Gasteiger partial charge < -0.3 is 5.32 Å². The lowest BCUT2D eigenvalue weighted by atomic mass is 9.89. The predicted molar refractivity (Wildman–Crippen MR) is 83.6 cm³/mol. The predicted octanol–water partition coefficient (Wildman–Crippen LogP) is 2.66. The fraction of sp³-hybridized carbons (Fsp3) is 0.500. The number of halogens is 1. The summed E-state index contributed by atoms with van der Waals surface area (Å²) >= 11 is 0. The summed E-state index contributed by atoms with van der Waals surface area (Å²) in [6.45, 7) is 6.11. The zero-order valence-corrected chi connectivity index (χ0v) is 12.1. The third-order valence-corrected chi connectivity index (χ3v) is 4.26. The van der Waals surface area contributed by atoms with Crippen LogP contribution in [0.1, 0.15) is 12.0 Å². The van der Waals surface area contributed by atoms with Crippen molar-refractivity contribution in [3.05, 3.63) is 42.0 Å². The van der Waals surface area contributed by atoms with Crippen molar-refractivity contribution >= 4 is 18.5 Å². The molecule has 2 unspecified atom stereocenters. The Kier molecular flexibility index (Phi) is 5.44. The van der Waals surface area contributed by atoms with Gasteiger partial charge in [0.15, 0.2) is 0 Å². The minimum atomic E-state index is 0. The number of likely N-dealkylation sites (tertiary alicyclic amines) is 1. The Balaban J connectivity index is 0.00000133. The molecule has 2 atom stereocenters. The molecule has 2 heterocycles. The number of rotatable bonds is 3. The van der Waals surface area contributed by atoms with Gasteiger partial charge in [0.05, 0.1) is 0 Å². The molecule has 1 N–H and O–H groups in total. The summed E-state index contributed by atoms with van der Waals surface area (Å²) in [6, 6.07) is 10.6. The lowest BCUT2D eigenvalue weighted by molar-refractivity contribution is 0.163. The molecule has 0 saturated carbocycles. The van der Waals surface area contributed by atoms with Crippen LogP contribution < -0.4 is 5.32 Å². The molecule has 2 saturated heterocycles. The van der Waals surface area contributed by atoms with Gasteiger partial charge in [0.25, 0.3) is 0 Å². The Morgan fingerprint density at radius 1 is 1.16 bits per heavy atom. The largest absolute Gasteiger partial charge is 0.316 e. The van der Waals surface area contributed by atoms with Gasteiger partial charge in [-0.3, -0.25) is 4.90 Å². The second kappa shape index (κ2) is 7.09. The quantitative estimate of drug-likeness (QED) is 0.915. The average Bonchev–Trinajstić information content (AvgIpc) is 2.87. The van der Waals surface area contributed by atoms with E-state index in [1.165, 1.54) is 38.2 Å². The highest BCUT2D eigenvalue weighted by atomic mass is 35.5. The van der Waals surface area contributed by atoms with Gasteiger partial charge in [-0.1, -0.05) is 42.5 Å². The number of hydrogen-bond acceptors (Lipinski definition) is 2. The zero-order chi connectivity index (χ0) is 12.2. The molecule has 0 amide bonds. The second-order valence-corrected chi connectivity index (χ2v) is 5.54. The molecule has 2 fully saturated rings. The molecule has 0 radical (unpaired) electrons. The van der Waals surface area contributed by atoms with Crippen LogP contribution in [0.25, 0.3) is 6.08 Å². The first-order chi connectivity index (χ1) is 8.92. The second-order valence-electron chi connectivity index (χ2n) is 5.54. The summed E-state index contributed by atoms with van der Waals surface area (Å²) in [4.78, 5) is 2.59. The topological polar surface area (TPSA) is 15.3 Å². The minimum Gasteiger partial charge on any atom is -0.316 e. The van der Waals surface area contributed by atoms with Gasteiger partial charge in [0.1, 0.15) is 0 Å². The highest BCUT2D eigenvalue weighted by Crippen LogP contribution is 2.26. The summed E-state index contributed by atoms with van der Waals surface area (Å²) in [5.41, 5.74) is 1.30.